The van der Waals surface area contributed by atoms with Crippen LogP contribution in [0.1, 0.15) is 37.4 Å². The van der Waals surface area contributed by atoms with Crippen LogP contribution in [0.2, 0.25) is 0 Å². The number of hydrogen-bond donors (Lipinski definition) is 1. The molecule has 1 atom stereocenters. The molecule has 0 unspecified atom stereocenters. The molecule has 0 aliphatic carbocycles. The smallest absolute Gasteiger partial charge is 0.287 e. The van der Waals surface area contributed by atoms with Gasteiger partial charge in [-0.2, -0.15) is 18.2 Å². The van der Waals surface area contributed by atoms with Gasteiger partial charge in [-0.05, 0) is 42.7 Å². The first-order valence-electron chi connectivity index (χ1n) is 7.75. The second-order valence-corrected chi connectivity index (χ2v) is 6.86. The number of halogens is 3. The van der Waals surface area contributed by atoms with Gasteiger partial charge in [-0.3, -0.25) is 10.2 Å². The Morgan fingerprint density at radius 2 is 1.75 bits per heavy atom. The Morgan fingerprint density at radius 3 is 2.33 bits per heavy atom. The monoisotopic (exact) mass is 336 g/mol. The van der Waals surface area contributed by atoms with E-state index in [9.17, 15) is 18.0 Å². The second-order valence-electron chi connectivity index (χ2n) is 6.86. The number of amides is 1. The number of carbonyl (C=O) groups is 1. The fraction of sp³-hybridized carbons (Fsp3) is 0.389. The fourth-order valence-corrected chi connectivity index (χ4v) is 3.41. The number of nitrogens with zero attached hydrogens (tertiary/aromatic N) is 1. The van der Waals surface area contributed by atoms with Crippen LogP contribution >= 0.6 is 0 Å². The highest BCUT2D eigenvalue weighted by molar-refractivity contribution is 5.89. The van der Waals surface area contributed by atoms with E-state index >= 15 is 0 Å². The Labute approximate surface area is 138 Å². The molecule has 0 aromatic heterocycles. The van der Waals surface area contributed by atoms with Crippen LogP contribution < -0.4 is 5.43 Å². The Kier molecular flexibility index (Phi) is 3.83. The van der Waals surface area contributed by atoms with Crippen LogP contribution in [0, 0.1) is 6.92 Å². The number of fused-ring (bicyclic) bond motifs is 1. The maximum atomic E-state index is 14.0. The van der Waals surface area contributed by atoms with Gasteiger partial charge >= 0.3 is 6.18 Å². The molecule has 0 radical (unpaired) electrons. The fourth-order valence-electron chi connectivity index (χ4n) is 3.41. The zero-order valence-electron chi connectivity index (χ0n) is 13.7. The number of rotatable bonds is 2. The van der Waals surface area contributed by atoms with Crippen LogP contribution in [0.25, 0.3) is 10.8 Å². The van der Waals surface area contributed by atoms with Crippen molar-refractivity contribution in [3.05, 3.63) is 47.5 Å². The summed E-state index contributed by atoms with van der Waals surface area (Å²) in [6.45, 7) is 5.15. The number of carbonyl (C=O) groups excluding carboxylic acids is 1. The van der Waals surface area contributed by atoms with E-state index in [2.05, 4.69) is 5.43 Å². The van der Waals surface area contributed by atoms with Crippen LogP contribution in [-0.2, 0) is 4.79 Å². The molecule has 2 aromatic carbocycles. The first kappa shape index (κ1) is 16.8. The van der Waals surface area contributed by atoms with E-state index in [1.807, 2.05) is 19.1 Å². The van der Waals surface area contributed by atoms with Crippen molar-refractivity contribution in [3.63, 3.8) is 0 Å². The largest absolute Gasteiger partial charge is 0.409 e. The maximum absolute atomic E-state index is 14.0. The minimum atomic E-state index is -4.52. The number of hydrazine groups is 1. The number of alkyl halides is 3. The third-order valence-corrected chi connectivity index (χ3v) is 4.53. The van der Waals surface area contributed by atoms with Crippen molar-refractivity contribution in [1.29, 1.82) is 0 Å². The van der Waals surface area contributed by atoms with Gasteiger partial charge in [0.15, 0.2) is 6.04 Å². The van der Waals surface area contributed by atoms with E-state index in [4.69, 9.17) is 0 Å². The topological polar surface area (TPSA) is 32.3 Å². The van der Waals surface area contributed by atoms with Crippen molar-refractivity contribution in [2.75, 3.05) is 0 Å². The lowest BCUT2D eigenvalue weighted by Crippen LogP contribution is -2.51. The van der Waals surface area contributed by atoms with E-state index in [0.717, 1.165) is 16.0 Å². The number of nitrogens with one attached hydrogen (secondary N) is 1. The molecular weight excluding hydrogens is 317 g/mol. The summed E-state index contributed by atoms with van der Waals surface area (Å²) in [5, 5.41) is 2.39. The molecule has 0 saturated carbocycles. The lowest BCUT2D eigenvalue weighted by Gasteiger charge is -2.38. The molecule has 1 aliphatic rings. The summed E-state index contributed by atoms with van der Waals surface area (Å²) < 4.78 is 41.9. The molecular formula is C18H19F3N2O. The third-order valence-electron chi connectivity index (χ3n) is 4.53. The molecule has 0 bridgehead atoms. The molecule has 24 heavy (non-hydrogen) atoms. The van der Waals surface area contributed by atoms with Gasteiger partial charge in [-0.1, -0.05) is 36.4 Å². The SMILES string of the molecule is Cc1cccc2c([C@H](N3NC(=O)CC3(C)C)C(F)(F)F)cccc12. The summed E-state index contributed by atoms with van der Waals surface area (Å²) in [4.78, 5) is 11.7. The van der Waals surface area contributed by atoms with Gasteiger partial charge in [0.05, 0.1) is 0 Å². The van der Waals surface area contributed by atoms with Crippen molar-refractivity contribution < 1.29 is 18.0 Å². The van der Waals surface area contributed by atoms with Gasteiger partial charge in [-0.15, -0.1) is 0 Å². The predicted octanol–water partition coefficient (Wildman–Crippen LogP) is 4.27. The Bertz CT molecular complexity index is 798. The first-order valence-corrected chi connectivity index (χ1v) is 7.75. The van der Waals surface area contributed by atoms with Gasteiger partial charge in [0, 0.05) is 12.0 Å². The molecule has 128 valence electrons. The molecule has 1 N–H and O–H groups in total. The molecule has 1 aliphatic heterocycles. The van der Waals surface area contributed by atoms with Crippen LogP contribution in [0.5, 0.6) is 0 Å². The van der Waals surface area contributed by atoms with Crippen molar-refractivity contribution in [3.8, 4) is 0 Å². The molecule has 0 spiro atoms. The lowest BCUT2D eigenvalue weighted by molar-refractivity contribution is -0.203. The predicted molar refractivity (Wildman–Crippen MR) is 86.2 cm³/mol. The van der Waals surface area contributed by atoms with Crippen LogP contribution in [0.4, 0.5) is 13.2 Å². The highest BCUT2D eigenvalue weighted by atomic mass is 19.4. The van der Waals surface area contributed by atoms with E-state index in [-0.39, 0.29) is 12.0 Å². The molecule has 2 aromatic rings. The molecule has 1 fully saturated rings. The minimum Gasteiger partial charge on any atom is -0.287 e. The molecule has 6 heteroatoms. The van der Waals surface area contributed by atoms with E-state index < -0.39 is 23.7 Å². The van der Waals surface area contributed by atoms with Gasteiger partial charge in [-0.25, -0.2) is 0 Å². The summed E-state index contributed by atoms with van der Waals surface area (Å²) in [5.74, 6) is -0.398. The second kappa shape index (κ2) is 5.48. The highest BCUT2D eigenvalue weighted by Crippen LogP contribution is 2.44. The molecule has 3 rings (SSSR count). The average Bonchev–Trinajstić information content (AvgIpc) is 2.71. The van der Waals surface area contributed by atoms with Gasteiger partial charge in [0.25, 0.3) is 0 Å². The standard InChI is InChI=1S/C18H19F3N2O/c1-11-6-4-8-13-12(11)7-5-9-14(13)16(18(19,20)21)23-17(2,3)10-15(24)22-23/h4-9,16H,10H2,1-3H3,(H,22,24)/t16-/m0/s1. The normalized spacial score (nSPS) is 19.5. The van der Waals surface area contributed by atoms with Crippen LogP contribution in [0.3, 0.4) is 0 Å². The van der Waals surface area contributed by atoms with Gasteiger partial charge < -0.3 is 0 Å². The van der Waals surface area contributed by atoms with Crippen molar-refractivity contribution >= 4 is 16.7 Å². The summed E-state index contributed by atoms with van der Waals surface area (Å²) in [7, 11) is 0. The molecule has 1 amide bonds. The molecule has 3 nitrogen and oxygen atoms in total. The Balaban J connectivity index is 2.22. The van der Waals surface area contributed by atoms with Crippen molar-refractivity contribution in [1.82, 2.24) is 10.4 Å². The maximum Gasteiger partial charge on any atom is 0.409 e. The molecule has 1 saturated heterocycles. The number of aryl methyl sites for hydroxylation is 1. The van der Waals surface area contributed by atoms with Gasteiger partial charge in [0.2, 0.25) is 5.91 Å². The zero-order chi connectivity index (χ0) is 17.7. The number of benzene rings is 2. The Hall–Kier alpha value is -2.08. The van der Waals surface area contributed by atoms with Crippen molar-refractivity contribution in [2.24, 2.45) is 0 Å². The van der Waals surface area contributed by atoms with Crippen LogP contribution in [0.15, 0.2) is 36.4 Å². The Morgan fingerprint density at radius 1 is 1.12 bits per heavy atom. The molecule has 1 heterocycles. The van der Waals surface area contributed by atoms with Crippen molar-refractivity contribution in [2.45, 2.75) is 44.9 Å². The average molecular weight is 336 g/mol. The summed E-state index contributed by atoms with van der Waals surface area (Å²) in [6, 6.07) is 8.36. The quantitative estimate of drug-likeness (QED) is 0.888. The summed E-state index contributed by atoms with van der Waals surface area (Å²) >= 11 is 0. The van der Waals surface area contributed by atoms with E-state index in [1.165, 1.54) is 6.07 Å². The highest BCUT2D eigenvalue weighted by Gasteiger charge is 2.53. The zero-order valence-corrected chi connectivity index (χ0v) is 13.7. The van der Waals surface area contributed by atoms with E-state index in [0.29, 0.717) is 5.39 Å². The lowest BCUT2D eigenvalue weighted by atomic mass is 9.92. The van der Waals surface area contributed by atoms with Gasteiger partial charge in [0.1, 0.15) is 0 Å². The minimum absolute atomic E-state index is 0.0311. The summed E-state index contributed by atoms with van der Waals surface area (Å²) in [6.07, 6.45) is -4.49. The van der Waals surface area contributed by atoms with Crippen LogP contribution in [-0.4, -0.2) is 22.6 Å². The summed E-state index contributed by atoms with van der Waals surface area (Å²) in [5.41, 5.74) is 2.54. The van der Waals surface area contributed by atoms with E-state index in [1.54, 1.807) is 32.0 Å². The first-order chi connectivity index (χ1) is 11.1. The number of hydrogen-bond acceptors (Lipinski definition) is 2. The third kappa shape index (κ3) is 2.75.